The molecule has 3 N–H and O–H groups in total. The van der Waals surface area contributed by atoms with Crippen LogP contribution in [0.4, 0.5) is 5.69 Å². The normalized spacial score (nSPS) is 16.3. The lowest BCUT2D eigenvalue weighted by Crippen LogP contribution is -2.29. The molecule has 1 aliphatic rings. The number of nitrogens with zero attached hydrogens (tertiary/aromatic N) is 3. The van der Waals surface area contributed by atoms with Gasteiger partial charge < -0.3 is 15.7 Å². The standard InChI is InChI=1S/C23H25ClN4O2/c1-14-20(15(2)28(26-14)18-6-7-22(25)21(24)12-18)11-16-4-3-5-17(10-16)23(30)27-9-8-19(29)13-27/h3-7,10,12,19,29H,8-9,11,13,25H2,1-2H3. The van der Waals surface area contributed by atoms with E-state index >= 15 is 0 Å². The first kappa shape index (κ1) is 20.4. The van der Waals surface area contributed by atoms with Crippen LogP contribution in [0, 0.1) is 13.8 Å². The number of rotatable bonds is 4. The van der Waals surface area contributed by atoms with Gasteiger partial charge in [0.2, 0.25) is 0 Å². The first-order chi connectivity index (χ1) is 14.3. The van der Waals surface area contributed by atoms with Crippen molar-refractivity contribution < 1.29 is 9.90 Å². The van der Waals surface area contributed by atoms with Crippen LogP contribution in [0.25, 0.3) is 5.69 Å². The Kier molecular flexibility index (Phi) is 5.54. The highest BCUT2D eigenvalue weighted by Crippen LogP contribution is 2.26. The third-order valence-corrected chi connectivity index (χ3v) is 6.00. The van der Waals surface area contributed by atoms with Crippen LogP contribution in [-0.4, -0.2) is 44.9 Å². The third-order valence-electron chi connectivity index (χ3n) is 5.68. The molecular weight excluding hydrogens is 400 g/mol. The zero-order valence-corrected chi connectivity index (χ0v) is 17.9. The molecule has 7 heteroatoms. The van der Waals surface area contributed by atoms with Crippen molar-refractivity contribution in [2.24, 2.45) is 0 Å². The molecule has 0 spiro atoms. The summed E-state index contributed by atoms with van der Waals surface area (Å²) in [6.45, 7) is 5.01. The maximum atomic E-state index is 12.8. The zero-order chi connectivity index (χ0) is 21.4. The van der Waals surface area contributed by atoms with Crippen LogP contribution in [0.2, 0.25) is 5.02 Å². The van der Waals surface area contributed by atoms with Crippen molar-refractivity contribution in [3.8, 4) is 5.69 Å². The van der Waals surface area contributed by atoms with E-state index in [0.717, 1.165) is 28.2 Å². The number of hydrogen-bond acceptors (Lipinski definition) is 4. The third kappa shape index (κ3) is 3.93. The summed E-state index contributed by atoms with van der Waals surface area (Å²) in [4.78, 5) is 14.5. The molecule has 2 aromatic carbocycles. The van der Waals surface area contributed by atoms with Crippen molar-refractivity contribution in [3.63, 3.8) is 0 Å². The number of carbonyl (C=O) groups is 1. The summed E-state index contributed by atoms with van der Waals surface area (Å²) < 4.78 is 1.87. The molecule has 1 saturated heterocycles. The Balaban J connectivity index is 1.60. The quantitative estimate of drug-likeness (QED) is 0.627. The Hall–Kier alpha value is -2.83. The molecule has 3 aromatic rings. The molecule has 30 heavy (non-hydrogen) atoms. The molecule has 1 aromatic heterocycles. The Labute approximate surface area is 180 Å². The molecule has 2 heterocycles. The fraction of sp³-hybridized carbons (Fsp3) is 0.304. The van der Waals surface area contributed by atoms with E-state index < -0.39 is 6.10 Å². The van der Waals surface area contributed by atoms with E-state index in [9.17, 15) is 9.90 Å². The zero-order valence-electron chi connectivity index (χ0n) is 17.1. The van der Waals surface area contributed by atoms with Crippen molar-refractivity contribution in [1.82, 2.24) is 14.7 Å². The number of nitrogens with two attached hydrogens (primary N) is 1. The summed E-state index contributed by atoms with van der Waals surface area (Å²) in [5.41, 5.74) is 12.0. The van der Waals surface area contributed by atoms with E-state index in [4.69, 9.17) is 22.4 Å². The predicted octanol–water partition coefficient (Wildman–Crippen LogP) is 3.52. The minimum absolute atomic E-state index is 0.0333. The Morgan fingerprint density at radius 3 is 2.77 bits per heavy atom. The Morgan fingerprint density at radius 2 is 2.07 bits per heavy atom. The minimum atomic E-state index is -0.421. The number of anilines is 1. The summed E-state index contributed by atoms with van der Waals surface area (Å²) in [6, 6.07) is 13.2. The molecule has 1 unspecified atom stereocenters. The Bertz CT molecular complexity index is 1110. The van der Waals surface area contributed by atoms with Crippen LogP contribution in [-0.2, 0) is 6.42 Å². The fourth-order valence-corrected chi connectivity index (χ4v) is 4.13. The van der Waals surface area contributed by atoms with E-state index in [2.05, 4.69) is 0 Å². The van der Waals surface area contributed by atoms with Gasteiger partial charge in [-0.25, -0.2) is 4.68 Å². The minimum Gasteiger partial charge on any atom is -0.398 e. The number of carbonyl (C=O) groups excluding carboxylic acids is 1. The molecule has 1 amide bonds. The van der Waals surface area contributed by atoms with Crippen LogP contribution in [0.3, 0.4) is 0 Å². The first-order valence-corrected chi connectivity index (χ1v) is 10.4. The van der Waals surface area contributed by atoms with Gasteiger partial charge in [0.25, 0.3) is 5.91 Å². The SMILES string of the molecule is Cc1nn(-c2ccc(N)c(Cl)c2)c(C)c1Cc1cccc(C(=O)N2CCC(O)C2)c1. The number of benzene rings is 2. The number of nitrogen functional groups attached to an aromatic ring is 1. The number of aromatic nitrogens is 2. The van der Waals surface area contributed by atoms with Gasteiger partial charge in [-0.3, -0.25) is 4.79 Å². The number of aliphatic hydroxyl groups excluding tert-OH is 1. The van der Waals surface area contributed by atoms with Crippen molar-refractivity contribution in [2.45, 2.75) is 32.8 Å². The number of β-amino-alcohol motifs (C(OH)–C–C–N with tert-alkyl or cyclic N) is 1. The number of hydrogen-bond donors (Lipinski definition) is 2. The lowest BCUT2D eigenvalue weighted by Gasteiger charge is -2.16. The highest BCUT2D eigenvalue weighted by Gasteiger charge is 2.25. The van der Waals surface area contributed by atoms with Gasteiger partial charge in [-0.2, -0.15) is 5.10 Å². The predicted molar refractivity (Wildman–Crippen MR) is 118 cm³/mol. The van der Waals surface area contributed by atoms with Crippen LogP contribution < -0.4 is 5.73 Å². The van der Waals surface area contributed by atoms with Crippen molar-refractivity contribution in [3.05, 3.63) is 75.6 Å². The first-order valence-electron chi connectivity index (χ1n) is 10.00. The van der Waals surface area contributed by atoms with E-state index in [-0.39, 0.29) is 5.91 Å². The van der Waals surface area contributed by atoms with Crippen LogP contribution in [0.15, 0.2) is 42.5 Å². The van der Waals surface area contributed by atoms with Crippen LogP contribution >= 0.6 is 11.6 Å². The molecule has 0 bridgehead atoms. The fourth-order valence-electron chi connectivity index (χ4n) is 3.96. The van der Waals surface area contributed by atoms with E-state index in [0.29, 0.717) is 42.2 Å². The van der Waals surface area contributed by atoms with Gasteiger partial charge in [-0.1, -0.05) is 23.7 Å². The van der Waals surface area contributed by atoms with Gasteiger partial charge in [0, 0.05) is 36.3 Å². The monoisotopic (exact) mass is 424 g/mol. The second kappa shape index (κ2) is 8.13. The number of aliphatic hydroxyl groups is 1. The largest absolute Gasteiger partial charge is 0.398 e. The maximum absolute atomic E-state index is 12.8. The average Bonchev–Trinajstić information content (AvgIpc) is 3.28. The molecule has 1 aliphatic heterocycles. The molecule has 1 fully saturated rings. The molecule has 1 atom stereocenters. The summed E-state index contributed by atoms with van der Waals surface area (Å²) in [5.74, 6) is -0.0333. The topological polar surface area (TPSA) is 84.4 Å². The summed E-state index contributed by atoms with van der Waals surface area (Å²) in [6.07, 6.45) is 0.887. The molecular formula is C23H25ClN4O2. The van der Waals surface area contributed by atoms with Gasteiger partial charge in [-0.05, 0) is 56.2 Å². The van der Waals surface area contributed by atoms with Crippen molar-refractivity contribution in [2.75, 3.05) is 18.8 Å². The number of amides is 1. The van der Waals surface area contributed by atoms with E-state index in [1.807, 2.05) is 54.9 Å². The van der Waals surface area contributed by atoms with Crippen molar-refractivity contribution >= 4 is 23.2 Å². The van der Waals surface area contributed by atoms with Crippen LogP contribution in [0.1, 0.15) is 39.3 Å². The van der Waals surface area contributed by atoms with Crippen LogP contribution in [0.5, 0.6) is 0 Å². The highest BCUT2D eigenvalue weighted by molar-refractivity contribution is 6.33. The molecule has 0 radical (unpaired) electrons. The molecule has 6 nitrogen and oxygen atoms in total. The molecule has 4 rings (SSSR count). The van der Waals surface area contributed by atoms with E-state index in [1.54, 1.807) is 11.0 Å². The van der Waals surface area contributed by atoms with Crippen molar-refractivity contribution in [1.29, 1.82) is 0 Å². The molecule has 0 saturated carbocycles. The van der Waals surface area contributed by atoms with Gasteiger partial charge in [0.15, 0.2) is 0 Å². The van der Waals surface area contributed by atoms with Gasteiger partial charge in [-0.15, -0.1) is 0 Å². The summed E-state index contributed by atoms with van der Waals surface area (Å²) in [7, 11) is 0. The molecule has 156 valence electrons. The molecule has 0 aliphatic carbocycles. The van der Waals surface area contributed by atoms with Gasteiger partial charge in [0.1, 0.15) is 0 Å². The van der Waals surface area contributed by atoms with Gasteiger partial charge >= 0.3 is 0 Å². The van der Waals surface area contributed by atoms with Gasteiger partial charge in [0.05, 0.1) is 28.2 Å². The average molecular weight is 425 g/mol. The number of likely N-dealkylation sites (tertiary alicyclic amines) is 1. The number of aryl methyl sites for hydroxylation is 1. The summed E-state index contributed by atoms with van der Waals surface area (Å²) in [5, 5.41) is 14.9. The summed E-state index contributed by atoms with van der Waals surface area (Å²) >= 11 is 6.18. The second-order valence-electron chi connectivity index (χ2n) is 7.84. The lowest BCUT2D eigenvalue weighted by molar-refractivity contribution is 0.0765. The smallest absolute Gasteiger partial charge is 0.253 e. The second-order valence-corrected chi connectivity index (χ2v) is 8.25. The maximum Gasteiger partial charge on any atom is 0.253 e. The van der Waals surface area contributed by atoms with E-state index in [1.165, 1.54) is 0 Å². The highest BCUT2D eigenvalue weighted by atomic mass is 35.5. The Morgan fingerprint density at radius 1 is 1.27 bits per heavy atom. The number of halogens is 1. The lowest BCUT2D eigenvalue weighted by atomic mass is 10.0.